The van der Waals surface area contributed by atoms with Gasteiger partial charge in [0.05, 0.1) is 18.2 Å². The number of pyridine rings is 1. The largest absolute Gasteiger partial charge is 0.382 e. The number of rotatable bonds is 3. The molecule has 0 saturated carbocycles. The second kappa shape index (κ2) is 5.74. The van der Waals surface area contributed by atoms with E-state index in [2.05, 4.69) is 15.6 Å². The molecule has 1 aromatic heterocycles. The lowest BCUT2D eigenvalue weighted by atomic mass is 10.2. The number of nitrogens with one attached hydrogen (secondary N) is 2. The Balaban J connectivity index is 1.76. The molecule has 2 N–H and O–H groups in total. The van der Waals surface area contributed by atoms with Crippen LogP contribution in [-0.4, -0.2) is 37.3 Å². The van der Waals surface area contributed by atoms with Crippen LogP contribution < -0.4 is 10.6 Å². The van der Waals surface area contributed by atoms with E-state index in [0.717, 1.165) is 42.8 Å². The van der Waals surface area contributed by atoms with Gasteiger partial charge in [-0.05, 0) is 24.3 Å². The minimum Gasteiger partial charge on any atom is -0.382 e. The highest BCUT2D eigenvalue weighted by molar-refractivity contribution is 6.31. The van der Waals surface area contributed by atoms with Crippen molar-refractivity contribution < 1.29 is 4.74 Å². The molecule has 0 spiro atoms. The Morgan fingerprint density at radius 3 is 3.21 bits per heavy atom. The highest BCUT2D eigenvalue weighted by Crippen LogP contribution is 2.24. The molecule has 4 nitrogen and oxygen atoms in total. The Hall–Kier alpha value is -1.36. The van der Waals surface area contributed by atoms with Gasteiger partial charge >= 0.3 is 0 Å². The molecule has 0 bridgehead atoms. The van der Waals surface area contributed by atoms with Crippen molar-refractivity contribution in [2.24, 2.45) is 0 Å². The minimum absolute atomic E-state index is 0.212. The molecule has 1 aliphatic rings. The summed E-state index contributed by atoms with van der Waals surface area (Å²) in [5.74, 6) is 0. The maximum absolute atomic E-state index is 5.98. The van der Waals surface area contributed by atoms with Crippen molar-refractivity contribution in [1.29, 1.82) is 0 Å². The van der Waals surface area contributed by atoms with Gasteiger partial charge in [0.1, 0.15) is 0 Å². The topological polar surface area (TPSA) is 46.2 Å². The fourth-order valence-electron chi connectivity index (χ4n) is 2.25. The maximum atomic E-state index is 5.98. The van der Waals surface area contributed by atoms with Crippen molar-refractivity contribution >= 4 is 28.2 Å². The fraction of sp³-hybridized carbons (Fsp3) is 0.357. The van der Waals surface area contributed by atoms with E-state index in [-0.39, 0.29) is 6.10 Å². The maximum Gasteiger partial charge on any atom is 0.0872 e. The molecule has 0 radical (unpaired) electrons. The second-order valence-corrected chi connectivity index (χ2v) is 5.03. The molecule has 100 valence electrons. The highest BCUT2D eigenvalue weighted by atomic mass is 35.5. The first-order valence-electron chi connectivity index (χ1n) is 6.43. The van der Waals surface area contributed by atoms with Crippen LogP contribution in [0.4, 0.5) is 5.69 Å². The van der Waals surface area contributed by atoms with Crippen molar-refractivity contribution in [2.75, 3.05) is 31.6 Å². The van der Waals surface area contributed by atoms with Crippen molar-refractivity contribution in [3.63, 3.8) is 0 Å². The Bertz CT molecular complexity index is 570. The number of nitrogens with zero attached hydrogens (tertiary/aromatic N) is 1. The molecule has 1 unspecified atom stereocenters. The zero-order chi connectivity index (χ0) is 13.1. The summed E-state index contributed by atoms with van der Waals surface area (Å²) in [5.41, 5.74) is 1.97. The number of morpholine rings is 1. The number of ether oxygens (including phenoxy) is 1. The van der Waals surface area contributed by atoms with Crippen molar-refractivity contribution in [3.8, 4) is 0 Å². The zero-order valence-electron chi connectivity index (χ0n) is 10.5. The lowest BCUT2D eigenvalue weighted by Crippen LogP contribution is -2.42. The van der Waals surface area contributed by atoms with Gasteiger partial charge in [0.2, 0.25) is 0 Å². The Labute approximate surface area is 117 Å². The number of anilines is 1. The average molecular weight is 278 g/mol. The van der Waals surface area contributed by atoms with Crippen LogP contribution in [0.15, 0.2) is 30.5 Å². The average Bonchev–Trinajstić information content (AvgIpc) is 2.45. The first kappa shape index (κ1) is 12.7. The van der Waals surface area contributed by atoms with Crippen LogP contribution in [0.1, 0.15) is 0 Å². The van der Waals surface area contributed by atoms with E-state index in [0.29, 0.717) is 5.02 Å². The predicted octanol–water partition coefficient (Wildman–Crippen LogP) is 2.29. The van der Waals surface area contributed by atoms with Gasteiger partial charge in [-0.25, -0.2) is 0 Å². The second-order valence-electron chi connectivity index (χ2n) is 4.60. The molecule has 0 amide bonds. The lowest BCUT2D eigenvalue weighted by Gasteiger charge is -2.24. The third-order valence-electron chi connectivity index (χ3n) is 3.23. The molecule has 2 heterocycles. The van der Waals surface area contributed by atoms with Crippen LogP contribution in [0.25, 0.3) is 10.9 Å². The molecular weight excluding hydrogens is 262 g/mol. The minimum atomic E-state index is 0.212. The predicted molar refractivity (Wildman–Crippen MR) is 77.9 cm³/mol. The van der Waals surface area contributed by atoms with Gasteiger partial charge in [-0.1, -0.05) is 11.6 Å². The van der Waals surface area contributed by atoms with E-state index >= 15 is 0 Å². The molecule has 19 heavy (non-hydrogen) atoms. The summed E-state index contributed by atoms with van der Waals surface area (Å²) in [7, 11) is 0. The third-order valence-corrected chi connectivity index (χ3v) is 3.46. The molecule has 1 aliphatic heterocycles. The normalized spacial score (nSPS) is 19.5. The van der Waals surface area contributed by atoms with E-state index in [1.807, 2.05) is 24.3 Å². The van der Waals surface area contributed by atoms with Gasteiger partial charge in [0.25, 0.3) is 0 Å². The van der Waals surface area contributed by atoms with E-state index in [9.17, 15) is 0 Å². The number of benzene rings is 1. The van der Waals surface area contributed by atoms with Gasteiger partial charge in [0, 0.05) is 41.9 Å². The first-order valence-corrected chi connectivity index (χ1v) is 6.81. The van der Waals surface area contributed by atoms with Crippen molar-refractivity contribution in [1.82, 2.24) is 10.3 Å². The lowest BCUT2D eigenvalue weighted by molar-refractivity contribution is 0.0372. The molecule has 1 aromatic carbocycles. The van der Waals surface area contributed by atoms with E-state index in [4.69, 9.17) is 16.3 Å². The molecule has 0 aliphatic carbocycles. The molecular formula is C14H16ClN3O. The Kier molecular flexibility index (Phi) is 3.82. The quantitative estimate of drug-likeness (QED) is 0.904. The molecule has 2 aromatic rings. The van der Waals surface area contributed by atoms with Gasteiger partial charge in [0.15, 0.2) is 0 Å². The summed E-state index contributed by atoms with van der Waals surface area (Å²) >= 11 is 5.98. The summed E-state index contributed by atoms with van der Waals surface area (Å²) in [5, 5.41) is 8.53. The molecule has 3 rings (SSSR count). The third kappa shape index (κ3) is 2.97. The molecule has 1 saturated heterocycles. The van der Waals surface area contributed by atoms with Crippen LogP contribution >= 0.6 is 11.6 Å². The first-order chi connectivity index (χ1) is 9.33. The molecule has 1 fully saturated rings. The van der Waals surface area contributed by atoms with Crippen molar-refractivity contribution in [3.05, 3.63) is 35.5 Å². The monoisotopic (exact) mass is 277 g/mol. The van der Waals surface area contributed by atoms with Gasteiger partial charge in [-0.3, -0.25) is 4.98 Å². The van der Waals surface area contributed by atoms with E-state index in [1.165, 1.54) is 0 Å². The van der Waals surface area contributed by atoms with Crippen LogP contribution in [0, 0.1) is 0 Å². The van der Waals surface area contributed by atoms with E-state index < -0.39 is 0 Å². The smallest absolute Gasteiger partial charge is 0.0872 e. The summed E-state index contributed by atoms with van der Waals surface area (Å²) < 4.78 is 5.67. The van der Waals surface area contributed by atoms with Gasteiger partial charge in [-0.15, -0.1) is 0 Å². The highest BCUT2D eigenvalue weighted by Gasteiger charge is 2.13. The summed E-state index contributed by atoms with van der Waals surface area (Å²) in [4.78, 5) is 4.33. The summed E-state index contributed by atoms with van der Waals surface area (Å²) in [6.07, 6.45) is 2.00. The van der Waals surface area contributed by atoms with Crippen LogP contribution in [-0.2, 0) is 4.74 Å². The number of aromatic nitrogens is 1. The van der Waals surface area contributed by atoms with E-state index in [1.54, 1.807) is 6.20 Å². The van der Waals surface area contributed by atoms with Crippen molar-refractivity contribution in [2.45, 2.75) is 6.10 Å². The standard InChI is InChI=1S/C14H16ClN3O/c15-10-1-2-12-13(3-4-17-14(12)7-10)18-9-11-8-16-5-6-19-11/h1-4,7,11,16H,5-6,8-9H2,(H,17,18). The Morgan fingerprint density at radius 2 is 2.37 bits per heavy atom. The van der Waals surface area contributed by atoms with Gasteiger partial charge < -0.3 is 15.4 Å². The number of halogens is 1. The summed E-state index contributed by atoms with van der Waals surface area (Å²) in [6.45, 7) is 3.39. The number of hydrogen-bond donors (Lipinski definition) is 2. The SMILES string of the molecule is Clc1ccc2c(NCC3CNCCO3)ccnc2c1. The van der Waals surface area contributed by atoms with Gasteiger partial charge in [-0.2, -0.15) is 0 Å². The summed E-state index contributed by atoms with van der Waals surface area (Å²) in [6, 6.07) is 7.73. The number of fused-ring (bicyclic) bond motifs is 1. The fourth-order valence-corrected chi connectivity index (χ4v) is 2.42. The number of hydrogen-bond acceptors (Lipinski definition) is 4. The van der Waals surface area contributed by atoms with Crippen LogP contribution in [0.2, 0.25) is 5.02 Å². The zero-order valence-corrected chi connectivity index (χ0v) is 11.3. The Morgan fingerprint density at radius 1 is 1.42 bits per heavy atom. The van der Waals surface area contributed by atoms with Crippen LogP contribution in [0.3, 0.4) is 0 Å². The molecule has 5 heteroatoms. The molecule has 1 atom stereocenters. The van der Waals surface area contributed by atoms with Crippen LogP contribution in [0.5, 0.6) is 0 Å².